The van der Waals surface area contributed by atoms with Crippen molar-refractivity contribution in [2.45, 2.75) is 143 Å². The van der Waals surface area contributed by atoms with E-state index in [4.69, 9.17) is 24.0 Å². The quantitative estimate of drug-likeness (QED) is 0.0774. The summed E-state index contributed by atoms with van der Waals surface area (Å²) in [5.74, 6) is 0.247. The van der Waals surface area contributed by atoms with Crippen LogP contribution >= 0.6 is 15.9 Å². The van der Waals surface area contributed by atoms with E-state index in [1.807, 2.05) is 81.4 Å². The van der Waals surface area contributed by atoms with E-state index in [1.165, 1.54) is 25.3 Å². The number of hydrogen-bond donors (Lipinski definition) is 0. The lowest BCUT2D eigenvalue weighted by Crippen LogP contribution is -2.41. The van der Waals surface area contributed by atoms with Crippen LogP contribution in [-0.4, -0.2) is 138 Å². The molecule has 0 saturated carbocycles. The van der Waals surface area contributed by atoms with Crippen molar-refractivity contribution in [3.05, 3.63) is 94.1 Å². The van der Waals surface area contributed by atoms with Crippen LogP contribution in [0.5, 0.6) is 0 Å². The molecule has 4 saturated heterocycles. The van der Waals surface area contributed by atoms with Crippen LogP contribution in [0.3, 0.4) is 0 Å². The number of aryl methyl sites for hydroxylation is 1. The van der Waals surface area contributed by atoms with Gasteiger partial charge in [0.15, 0.2) is 23.5 Å². The monoisotopic (exact) mass is 1160 g/mol. The van der Waals surface area contributed by atoms with Gasteiger partial charge < -0.3 is 33.5 Å². The second kappa shape index (κ2) is 25.4. The van der Waals surface area contributed by atoms with Gasteiger partial charge in [0.25, 0.3) is 0 Å². The smallest absolute Gasteiger partial charge is 0.444 e. The normalized spacial score (nSPS) is 19.6. The Balaban J connectivity index is 0.000000194. The molecule has 18 nitrogen and oxygen atoms in total. The maximum absolute atomic E-state index is 12.9. The standard InChI is InChI=1S/C22H33BN2O5.C18H16F3N5O.C16H21BrN2O3/c1-20(2,3)28-19(27)25-11-10-15(14-25)12-18(26)17-9-8-16(13-24-17)23-29-21(4,5)22(6,7)30-23;1-11-24-15(7-17(25-11)18(19,20)21)13-2-3-14(23-8-13)16(27)6-12-4-5-26(9-12)10-22;1-16(2,3)22-15(21)19-7-6-11(10-19)8-14(20)13-5-4-12(17)9-18-13/h8-9,13,15H,10-12,14H2,1-7H3;2-3,7-8,12H,4-6,9H2,1H3;4-5,9,11H,6-8,10H2,1-3H3/t15-;12-;11-/m000/s1. The second-order valence-electron chi connectivity index (χ2n) is 23.3. The Hall–Kier alpha value is -6.38. The number of nitrogens with zero attached hydrogens (tertiary/aromatic N) is 9. The van der Waals surface area contributed by atoms with Crippen LogP contribution in [-0.2, 0) is 25.0 Å². The van der Waals surface area contributed by atoms with Crippen molar-refractivity contribution in [2.24, 2.45) is 17.8 Å². The number of halogens is 4. The number of alkyl halides is 3. The first-order valence-electron chi connectivity index (χ1n) is 26.3. The van der Waals surface area contributed by atoms with Crippen LogP contribution in [0.15, 0.2) is 65.5 Å². The number of nitriles is 1. The molecule has 79 heavy (non-hydrogen) atoms. The number of ketones is 3. The van der Waals surface area contributed by atoms with Crippen LogP contribution in [0.25, 0.3) is 11.3 Å². The van der Waals surface area contributed by atoms with Gasteiger partial charge in [0, 0.05) is 92.6 Å². The summed E-state index contributed by atoms with van der Waals surface area (Å²) in [5, 5.41) is 8.86. The zero-order valence-electron chi connectivity index (χ0n) is 46.8. The van der Waals surface area contributed by atoms with E-state index < -0.39 is 41.4 Å². The zero-order valence-corrected chi connectivity index (χ0v) is 48.4. The van der Waals surface area contributed by atoms with E-state index in [0.717, 1.165) is 35.3 Å². The summed E-state index contributed by atoms with van der Waals surface area (Å²) in [4.78, 5) is 86.4. The van der Waals surface area contributed by atoms with Gasteiger partial charge in [-0.25, -0.2) is 19.6 Å². The Morgan fingerprint density at radius 1 is 0.684 bits per heavy atom. The maximum Gasteiger partial charge on any atom is 0.496 e. The number of amides is 2. The van der Waals surface area contributed by atoms with Gasteiger partial charge in [-0.05, 0) is 166 Å². The number of aromatic nitrogens is 5. The van der Waals surface area contributed by atoms with Crippen molar-refractivity contribution in [1.82, 2.24) is 39.6 Å². The van der Waals surface area contributed by atoms with Gasteiger partial charge in [-0.1, -0.05) is 6.07 Å². The van der Waals surface area contributed by atoms with Crippen molar-refractivity contribution in [2.75, 3.05) is 39.3 Å². The molecule has 8 rings (SSSR count). The number of hydrogen-bond acceptors (Lipinski definition) is 16. The molecule has 0 aliphatic carbocycles. The van der Waals surface area contributed by atoms with Crippen LogP contribution < -0.4 is 5.46 Å². The predicted molar refractivity (Wildman–Crippen MR) is 291 cm³/mol. The van der Waals surface area contributed by atoms with E-state index in [2.05, 4.69) is 47.0 Å². The Morgan fingerprint density at radius 3 is 1.54 bits per heavy atom. The van der Waals surface area contributed by atoms with E-state index in [0.29, 0.717) is 69.1 Å². The number of carbonyl (C=O) groups excluding carboxylic acids is 5. The van der Waals surface area contributed by atoms with Gasteiger partial charge in [-0.3, -0.25) is 29.3 Å². The summed E-state index contributed by atoms with van der Waals surface area (Å²) in [6, 6.07) is 11.0. The highest BCUT2D eigenvalue weighted by atomic mass is 79.9. The Kier molecular flexibility index (Phi) is 19.9. The molecule has 0 radical (unpaired) electrons. The molecule has 0 spiro atoms. The average molecular weight is 1160 g/mol. The molecule has 0 unspecified atom stereocenters. The molecular formula is C56H70BBrF3N9O9. The minimum atomic E-state index is -4.57. The number of pyridine rings is 3. The summed E-state index contributed by atoms with van der Waals surface area (Å²) >= 11 is 3.30. The van der Waals surface area contributed by atoms with E-state index in [1.54, 1.807) is 39.2 Å². The van der Waals surface area contributed by atoms with E-state index in [9.17, 15) is 37.1 Å². The molecule has 0 N–H and O–H groups in total. The average Bonchev–Trinajstić information content (AvgIpc) is 4.26. The molecule has 0 bridgehead atoms. The zero-order chi connectivity index (χ0) is 58.3. The van der Waals surface area contributed by atoms with Crippen LogP contribution in [0.2, 0.25) is 0 Å². The number of ether oxygens (including phenoxy) is 2. The summed E-state index contributed by atoms with van der Waals surface area (Å²) in [6.45, 7) is 24.0. The summed E-state index contributed by atoms with van der Waals surface area (Å²) < 4.78 is 62.4. The summed E-state index contributed by atoms with van der Waals surface area (Å²) in [7, 11) is -0.496. The highest BCUT2D eigenvalue weighted by Crippen LogP contribution is 2.37. The third-order valence-electron chi connectivity index (χ3n) is 13.8. The second-order valence-corrected chi connectivity index (χ2v) is 24.2. The lowest BCUT2D eigenvalue weighted by Gasteiger charge is -2.32. The van der Waals surface area contributed by atoms with E-state index in [-0.39, 0.29) is 70.9 Å². The van der Waals surface area contributed by atoms with Crippen LogP contribution in [0.1, 0.15) is 151 Å². The SMILES string of the molecule is CC(C)(C)OC(=O)N1CC[C@@H](CC(=O)c2ccc(B3OC(C)(C)C(C)(C)O3)cn2)C1.CC(C)(C)OC(=O)N1CC[C@@H](CC(=O)c2ccc(Br)cn2)C1.Cc1nc(-c2ccc(C(=O)C[C@@H]3CCN(C#N)C3)nc2)cc(C(F)(F)F)n1. The number of rotatable bonds is 11. The molecule has 4 aromatic rings. The fourth-order valence-corrected chi connectivity index (χ4v) is 9.21. The molecule has 4 aliphatic rings. The van der Waals surface area contributed by atoms with Gasteiger partial charge in [-0.15, -0.1) is 0 Å². The molecule has 3 atom stereocenters. The van der Waals surface area contributed by atoms with Crippen molar-refractivity contribution in [3.63, 3.8) is 0 Å². The first-order chi connectivity index (χ1) is 36.8. The van der Waals surface area contributed by atoms with Crippen molar-refractivity contribution >= 4 is 58.0 Å². The Labute approximate surface area is 468 Å². The van der Waals surface area contributed by atoms with Gasteiger partial charge >= 0.3 is 25.5 Å². The highest BCUT2D eigenvalue weighted by Gasteiger charge is 2.52. The molecule has 424 valence electrons. The van der Waals surface area contributed by atoms with Gasteiger partial charge in [0.1, 0.15) is 39.8 Å². The molecule has 4 aliphatic heterocycles. The Morgan fingerprint density at radius 2 is 1.14 bits per heavy atom. The molecule has 8 heterocycles. The van der Waals surface area contributed by atoms with Crippen LogP contribution in [0.4, 0.5) is 22.8 Å². The minimum absolute atomic E-state index is 0.00302. The third-order valence-corrected chi connectivity index (χ3v) is 14.3. The molecule has 4 fully saturated rings. The molecule has 0 aromatic carbocycles. The van der Waals surface area contributed by atoms with Gasteiger partial charge in [-0.2, -0.15) is 18.4 Å². The summed E-state index contributed by atoms with van der Waals surface area (Å²) in [5.41, 5.74) is -0.471. The largest absolute Gasteiger partial charge is 0.496 e. The topological polar surface area (TPSA) is 220 Å². The van der Waals surface area contributed by atoms with Gasteiger partial charge in [0.2, 0.25) is 0 Å². The third kappa shape index (κ3) is 17.8. The fourth-order valence-electron chi connectivity index (χ4n) is 8.97. The maximum atomic E-state index is 12.9. The first kappa shape index (κ1) is 61.8. The van der Waals surface area contributed by atoms with Crippen molar-refractivity contribution in [3.8, 4) is 17.5 Å². The van der Waals surface area contributed by atoms with Crippen molar-refractivity contribution in [1.29, 1.82) is 5.26 Å². The lowest BCUT2D eigenvalue weighted by molar-refractivity contribution is -0.141. The van der Waals surface area contributed by atoms with E-state index >= 15 is 0 Å². The fraction of sp³-hybridized carbons (Fsp3) is 0.554. The molecule has 4 aromatic heterocycles. The first-order valence-corrected chi connectivity index (χ1v) is 27.1. The molecule has 23 heteroatoms. The number of carbonyl (C=O) groups is 5. The van der Waals surface area contributed by atoms with Crippen molar-refractivity contribution < 1.29 is 55.9 Å². The Bertz CT molecular complexity index is 2840. The van der Waals surface area contributed by atoms with Gasteiger partial charge in [0.05, 0.1) is 16.9 Å². The number of Topliss-reactive ketones (excluding diaryl/α,β-unsaturated/α-hetero) is 3. The summed E-state index contributed by atoms with van der Waals surface area (Å²) in [6.07, 6.45) is 4.94. The highest BCUT2D eigenvalue weighted by molar-refractivity contribution is 9.10. The molecule has 2 amide bonds. The predicted octanol–water partition coefficient (Wildman–Crippen LogP) is 10.1. The molecular weight excluding hydrogens is 1090 g/mol. The minimum Gasteiger partial charge on any atom is -0.444 e. The van der Waals surface area contributed by atoms with Crippen LogP contribution in [0, 0.1) is 36.1 Å². The lowest BCUT2D eigenvalue weighted by atomic mass is 9.80. The number of likely N-dealkylation sites (tertiary alicyclic amines) is 3.